The summed E-state index contributed by atoms with van der Waals surface area (Å²) < 4.78 is 1.98. The zero-order valence-corrected chi connectivity index (χ0v) is 17.4. The summed E-state index contributed by atoms with van der Waals surface area (Å²) in [7, 11) is 0. The van der Waals surface area contributed by atoms with E-state index in [2.05, 4.69) is 17.2 Å². The maximum atomic E-state index is 12.4. The molecule has 0 fully saturated rings. The molecule has 28 heavy (non-hydrogen) atoms. The van der Waals surface area contributed by atoms with Gasteiger partial charge in [0.05, 0.1) is 11.0 Å². The summed E-state index contributed by atoms with van der Waals surface area (Å²) in [4.78, 5) is 16.9. The number of imidazole rings is 1. The van der Waals surface area contributed by atoms with Crippen molar-refractivity contribution in [1.29, 1.82) is 0 Å². The number of carbonyl (C=O) groups excluding carboxylic acids is 1. The monoisotopic (exact) mass is 397 g/mol. The van der Waals surface area contributed by atoms with Gasteiger partial charge in [-0.3, -0.25) is 9.36 Å². The van der Waals surface area contributed by atoms with Crippen LogP contribution in [0.5, 0.6) is 0 Å². The minimum absolute atomic E-state index is 0.0385. The summed E-state index contributed by atoms with van der Waals surface area (Å²) >= 11 is 6.26. The number of unbranched alkanes of at least 4 members (excludes halogenated alkanes) is 5. The number of amides is 1. The number of aromatic nitrogens is 2. The standard InChI is InChI=1S/C23H28ClN3O/c1-3-4-5-6-7-8-13-25-23(28)18-10-12-22-21(14-18)26-16-27(22)19-11-9-17(2)20(24)15-19/h9-12,14-16H,3-8,13H2,1-2H3,(H,25,28). The van der Waals surface area contributed by atoms with Crippen molar-refractivity contribution in [2.24, 2.45) is 0 Å². The summed E-state index contributed by atoms with van der Waals surface area (Å²) in [5.74, 6) is -0.0385. The van der Waals surface area contributed by atoms with E-state index in [0.29, 0.717) is 5.56 Å². The molecular formula is C23H28ClN3O. The van der Waals surface area contributed by atoms with Gasteiger partial charge in [0, 0.05) is 22.8 Å². The molecule has 5 heteroatoms. The molecule has 148 valence electrons. The Balaban J connectivity index is 1.63. The first-order valence-corrected chi connectivity index (χ1v) is 10.5. The maximum absolute atomic E-state index is 12.4. The molecule has 3 rings (SSSR count). The number of rotatable bonds is 9. The van der Waals surface area contributed by atoms with Crippen molar-refractivity contribution < 1.29 is 4.79 Å². The van der Waals surface area contributed by atoms with Crippen LogP contribution in [0.1, 0.15) is 61.4 Å². The zero-order chi connectivity index (χ0) is 19.9. The van der Waals surface area contributed by atoms with E-state index in [-0.39, 0.29) is 5.91 Å². The number of fused-ring (bicyclic) bond motifs is 1. The third-order valence-electron chi connectivity index (χ3n) is 5.06. The van der Waals surface area contributed by atoms with Gasteiger partial charge in [-0.05, 0) is 49.2 Å². The lowest BCUT2D eigenvalue weighted by Gasteiger charge is -2.08. The number of halogens is 1. The molecule has 0 spiro atoms. The van der Waals surface area contributed by atoms with E-state index in [4.69, 9.17) is 11.6 Å². The SMILES string of the molecule is CCCCCCCCNC(=O)c1ccc2c(c1)ncn2-c1ccc(C)c(Cl)c1. The Morgan fingerprint density at radius 3 is 2.64 bits per heavy atom. The zero-order valence-electron chi connectivity index (χ0n) is 16.7. The first-order valence-electron chi connectivity index (χ1n) is 10.1. The highest BCUT2D eigenvalue weighted by Gasteiger charge is 2.10. The quantitative estimate of drug-likeness (QED) is 0.445. The fourth-order valence-corrected chi connectivity index (χ4v) is 3.48. The Morgan fingerprint density at radius 2 is 1.86 bits per heavy atom. The highest BCUT2D eigenvalue weighted by Crippen LogP contribution is 2.23. The van der Waals surface area contributed by atoms with Gasteiger partial charge in [0.15, 0.2) is 0 Å². The molecule has 0 saturated carbocycles. The predicted octanol–water partition coefficient (Wildman–Crippen LogP) is 6.08. The molecule has 0 bridgehead atoms. The van der Waals surface area contributed by atoms with Crippen LogP contribution in [0.2, 0.25) is 5.02 Å². The van der Waals surface area contributed by atoms with Gasteiger partial charge in [0.2, 0.25) is 0 Å². The average Bonchev–Trinajstić information content (AvgIpc) is 3.12. The highest BCUT2D eigenvalue weighted by molar-refractivity contribution is 6.31. The van der Waals surface area contributed by atoms with Crippen molar-refractivity contribution in [2.75, 3.05) is 6.54 Å². The number of nitrogens with one attached hydrogen (secondary N) is 1. The predicted molar refractivity (Wildman–Crippen MR) is 117 cm³/mol. The second-order valence-electron chi connectivity index (χ2n) is 7.28. The molecule has 3 aromatic rings. The second kappa shape index (κ2) is 9.74. The van der Waals surface area contributed by atoms with Gasteiger partial charge in [-0.2, -0.15) is 0 Å². The van der Waals surface area contributed by atoms with Gasteiger partial charge in [0.1, 0.15) is 6.33 Å². The molecule has 2 aromatic carbocycles. The molecule has 0 atom stereocenters. The molecule has 1 aromatic heterocycles. The van der Waals surface area contributed by atoms with Crippen LogP contribution < -0.4 is 5.32 Å². The topological polar surface area (TPSA) is 46.9 Å². The van der Waals surface area contributed by atoms with Crippen LogP contribution in [0.3, 0.4) is 0 Å². The van der Waals surface area contributed by atoms with E-state index < -0.39 is 0 Å². The van der Waals surface area contributed by atoms with Crippen LogP contribution in [-0.4, -0.2) is 22.0 Å². The smallest absolute Gasteiger partial charge is 0.251 e. The summed E-state index contributed by atoms with van der Waals surface area (Å²) in [6, 6.07) is 11.6. The molecule has 0 unspecified atom stereocenters. The van der Waals surface area contributed by atoms with Crippen molar-refractivity contribution in [2.45, 2.75) is 52.4 Å². The third kappa shape index (κ3) is 4.93. The van der Waals surface area contributed by atoms with Crippen molar-refractivity contribution in [3.8, 4) is 5.69 Å². The Bertz CT molecular complexity index is 948. The van der Waals surface area contributed by atoms with Crippen LogP contribution in [0, 0.1) is 6.92 Å². The molecule has 1 N–H and O–H groups in total. The molecule has 1 amide bonds. The Kier molecular flexibility index (Phi) is 7.10. The lowest BCUT2D eigenvalue weighted by molar-refractivity contribution is 0.0953. The van der Waals surface area contributed by atoms with Crippen LogP contribution >= 0.6 is 11.6 Å². The Hall–Kier alpha value is -2.33. The molecular weight excluding hydrogens is 370 g/mol. The molecule has 0 saturated heterocycles. The molecule has 0 radical (unpaired) electrons. The Morgan fingerprint density at radius 1 is 1.07 bits per heavy atom. The van der Waals surface area contributed by atoms with Gasteiger partial charge < -0.3 is 5.32 Å². The number of hydrogen-bond donors (Lipinski definition) is 1. The van der Waals surface area contributed by atoms with Crippen molar-refractivity contribution >= 4 is 28.5 Å². The molecule has 0 aliphatic rings. The van der Waals surface area contributed by atoms with Gasteiger partial charge in [-0.1, -0.05) is 56.7 Å². The van der Waals surface area contributed by atoms with Gasteiger partial charge in [0.25, 0.3) is 5.91 Å². The van der Waals surface area contributed by atoms with E-state index >= 15 is 0 Å². The minimum atomic E-state index is -0.0385. The van der Waals surface area contributed by atoms with E-state index in [1.54, 1.807) is 6.33 Å². The molecule has 4 nitrogen and oxygen atoms in total. The number of carbonyl (C=O) groups is 1. The first kappa shape index (κ1) is 20.4. The van der Waals surface area contributed by atoms with E-state index in [0.717, 1.165) is 40.3 Å². The average molecular weight is 398 g/mol. The van der Waals surface area contributed by atoms with Crippen molar-refractivity contribution in [3.63, 3.8) is 0 Å². The summed E-state index contributed by atoms with van der Waals surface area (Å²) in [5.41, 5.74) is 4.39. The molecule has 0 aliphatic heterocycles. The number of aryl methyl sites for hydroxylation is 1. The van der Waals surface area contributed by atoms with Crippen LogP contribution in [0.25, 0.3) is 16.7 Å². The largest absolute Gasteiger partial charge is 0.352 e. The van der Waals surface area contributed by atoms with E-state index in [1.807, 2.05) is 47.9 Å². The first-order chi connectivity index (χ1) is 13.6. The highest BCUT2D eigenvalue weighted by atomic mass is 35.5. The fraction of sp³-hybridized carbons (Fsp3) is 0.391. The minimum Gasteiger partial charge on any atom is -0.352 e. The summed E-state index contributed by atoms with van der Waals surface area (Å²) in [6.45, 7) is 4.92. The van der Waals surface area contributed by atoms with Crippen molar-refractivity contribution in [1.82, 2.24) is 14.9 Å². The van der Waals surface area contributed by atoms with Crippen LogP contribution in [0.15, 0.2) is 42.7 Å². The Labute approximate surface area is 171 Å². The third-order valence-corrected chi connectivity index (χ3v) is 5.47. The van der Waals surface area contributed by atoms with Gasteiger partial charge in [-0.15, -0.1) is 0 Å². The lowest BCUT2D eigenvalue weighted by Crippen LogP contribution is -2.24. The molecule has 1 heterocycles. The summed E-state index contributed by atoms with van der Waals surface area (Å²) in [6.07, 6.45) is 9.05. The summed E-state index contributed by atoms with van der Waals surface area (Å²) in [5, 5.41) is 3.74. The second-order valence-corrected chi connectivity index (χ2v) is 7.68. The van der Waals surface area contributed by atoms with Crippen LogP contribution in [-0.2, 0) is 0 Å². The molecule has 0 aliphatic carbocycles. The fourth-order valence-electron chi connectivity index (χ4n) is 3.30. The number of nitrogens with zero attached hydrogens (tertiary/aromatic N) is 2. The maximum Gasteiger partial charge on any atom is 0.251 e. The van der Waals surface area contributed by atoms with Gasteiger partial charge >= 0.3 is 0 Å². The van der Waals surface area contributed by atoms with Gasteiger partial charge in [-0.25, -0.2) is 4.98 Å². The lowest BCUT2D eigenvalue weighted by atomic mass is 10.1. The van der Waals surface area contributed by atoms with E-state index in [1.165, 1.54) is 32.1 Å². The van der Waals surface area contributed by atoms with E-state index in [9.17, 15) is 4.79 Å². The number of benzene rings is 2. The van der Waals surface area contributed by atoms with Crippen molar-refractivity contribution in [3.05, 3.63) is 58.9 Å². The van der Waals surface area contributed by atoms with Crippen LogP contribution in [0.4, 0.5) is 0 Å². The number of hydrogen-bond acceptors (Lipinski definition) is 2. The normalized spacial score (nSPS) is 11.1.